The standard InChI is InChI=1S/C14H18O5S/c15-12-6-7-14(18-8-9-19-14)10-13(12)20(16,17)11-4-2-1-3-5-11/h1-5,12-13,15H,6-10H2. The molecular weight excluding hydrogens is 280 g/mol. The summed E-state index contributed by atoms with van der Waals surface area (Å²) < 4.78 is 36.5. The van der Waals surface area contributed by atoms with Gasteiger partial charge in [-0.1, -0.05) is 18.2 Å². The van der Waals surface area contributed by atoms with Gasteiger partial charge in [0.2, 0.25) is 0 Å². The maximum Gasteiger partial charge on any atom is 0.183 e. The van der Waals surface area contributed by atoms with Crippen LogP contribution in [-0.4, -0.2) is 43.9 Å². The first-order chi connectivity index (χ1) is 9.54. The van der Waals surface area contributed by atoms with Crippen LogP contribution in [0.2, 0.25) is 0 Å². The number of hydrogen-bond acceptors (Lipinski definition) is 5. The molecule has 0 bridgehead atoms. The smallest absolute Gasteiger partial charge is 0.183 e. The molecule has 1 aromatic rings. The summed E-state index contributed by atoms with van der Waals surface area (Å²) in [5.74, 6) is -0.828. The van der Waals surface area contributed by atoms with Crippen molar-refractivity contribution in [3.05, 3.63) is 30.3 Å². The van der Waals surface area contributed by atoms with E-state index in [1.807, 2.05) is 0 Å². The van der Waals surface area contributed by atoms with Gasteiger partial charge in [0, 0.05) is 12.8 Å². The molecule has 1 heterocycles. The first-order valence-electron chi connectivity index (χ1n) is 6.78. The van der Waals surface area contributed by atoms with E-state index < -0.39 is 27.0 Å². The van der Waals surface area contributed by atoms with E-state index in [-0.39, 0.29) is 11.3 Å². The van der Waals surface area contributed by atoms with Crippen LogP contribution in [0.4, 0.5) is 0 Å². The third kappa shape index (κ3) is 2.37. The van der Waals surface area contributed by atoms with E-state index in [0.29, 0.717) is 26.1 Å². The quantitative estimate of drug-likeness (QED) is 0.885. The molecule has 6 heteroatoms. The van der Waals surface area contributed by atoms with Crippen molar-refractivity contribution in [3.63, 3.8) is 0 Å². The molecule has 1 aliphatic carbocycles. The van der Waals surface area contributed by atoms with Crippen LogP contribution in [0.3, 0.4) is 0 Å². The van der Waals surface area contributed by atoms with Crippen molar-refractivity contribution in [2.24, 2.45) is 0 Å². The Morgan fingerprint density at radius 2 is 1.80 bits per heavy atom. The van der Waals surface area contributed by atoms with Crippen molar-refractivity contribution in [3.8, 4) is 0 Å². The van der Waals surface area contributed by atoms with Gasteiger partial charge in [0.1, 0.15) is 0 Å². The van der Waals surface area contributed by atoms with Gasteiger partial charge in [-0.2, -0.15) is 0 Å². The Balaban J connectivity index is 1.91. The molecule has 20 heavy (non-hydrogen) atoms. The number of aliphatic hydroxyl groups excluding tert-OH is 1. The van der Waals surface area contributed by atoms with Crippen LogP contribution in [0.25, 0.3) is 0 Å². The Kier molecular flexibility index (Phi) is 3.58. The first kappa shape index (κ1) is 14.0. The summed E-state index contributed by atoms with van der Waals surface area (Å²) in [6.07, 6.45) is 0.218. The van der Waals surface area contributed by atoms with Gasteiger partial charge < -0.3 is 14.6 Å². The zero-order valence-electron chi connectivity index (χ0n) is 11.1. The molecule has 2 unspecified atom stereocenters. The maximum absolute atomic E-state index is 12.7. The SMILES string of the molecule is O=S(=O)(c1ccccc1)C1CC2(CCC1O)OCCO2. The maximum atomic E-state index is 12.7. The van der Waals surface area contributed by atoms with E-state index in [9.17, 15) is 13.5 Å². The topological polar surface area (TPSA) is 72.8 Å². The number of hydrogen-bond donors (Lipinski definition) is 1. The number of aliphatic hydroxyl groups is 1. The summed E-state index contributed by atoms with van der Waals surface area (Å²) in [5, 5.41) is 9.24. The van der Waals surface area contributed by atoms with Crippen LogP contribution < -0.4 is 0 Å². The van der Waals surface area contributed by atoms with Crippen molar-refractivity contribution < 1.29 is 23.0 Å². The molecule has 1 saturated carbocycles. The van der Waals surface area contributed by atoms with Gasteiger partial charge in [0.25, 0.3) is 0 Å². The second-order valence-electron chi connectivity index (χ2n) is 5.31. The van der Waals surface area contributed by atoms with Gasteiger partial charge in [-0.15, -0.1) is 0 Å². The van der Waals surface area contributed by atoms with Gasteiger partial charge in [0.05, 0.1) is 29.5 Å². The van der Waals surface area contributed by atoms with Gasteiger partial charge in [-0.05, 0) is 18.6 Å². The lowest BCUT2D eigenvalue weighted by Crippen LogP contribution is -2.48. The Bertz CT molecular complexity index is 562. The molecule has 1 aliphatic heterocycles. The average molecular weight is 298 g/mol. The minimum Gasteiger partial charge on any atom is -0.392 e. The molecule has 0 radical (unpaired) electrons. The zero-order chi connectivity index (χ0) is 14.2. The van der Waals surface area contributed by atoms with Crippen LogP contribution in [0, 0.1) is 0 Å². The minimum atomic E-state index is -3.58. The van der Waals surface area contributed by atoms with Crippen molar-refractivity contribution in [1.29, 1.82) is 0 Å². The van der Waals surface area contributed by atoms with Crippen LogP contribution in [0.1, 0.15) is 19.3 Å². The van der Waals surface area contributed by atoms with Gasteiger partial charge >= 0.3 is 0 Å². The highest BCUT2D eigenvalue weighted by molar-refractivity contribution is 7.92. The van der Waals surface area contributed by atoms with E-state index in [0.717, 1.165) is 0 Å². The predicted octanol–water partition coefficient (Wildman–Crippen LogP) is 1.12. The molecule has 0 aromatic heterocycles. The van der Waals surface area contributed by atoms with E-state index in [1.165, 1.54) is 0 Å². The van der Waals surface area contributed by atoms with Gasteiger partial charge in [-0.3, -0.25) is 0 Å². The minimum absolute atomic E-state index is 0.186. The molecule has 1 spiro atoms. The highest BCUT2D eigenvalue weighted by Gasteiger charge is 2.49. The molecule has 110 valence electrons. The number of sulfone groups is 1. The summed E-state index contributed by atoms with van der Waals surface area (Å²) in [6.45, 7) is 0.961. The Hall–Kier alpha value is -0.950. The third-order valence-corrected chi connectivity index (χ3v) is 6.25. The Labute approximate surface area is 118 Å². The van der Waals surface area contributed by atoms with Crippen molar-refractivity contribution in [2.75, 3.05) is 13.2 Å². The van der Waals surface area contributed by atoms with Crippen LogP contribution in [-0.2, 0) is 19.3 Å². The Morgan fingerprint density at radius 3 is 2.45 bits per heavy atom. The summed E-state index contributed by atoms with van der Waals surface area (Å²) in [5.41, 5.74) is 0. The van der Waals surface area contributed by atoms with Crippen LogP contribution in [0.15, 0.2) is 35.2 Å². The second kappa shape index (κ2) is 5.11. The molecule has 0 amide bonds. The first-order valence-corrected chi connectivity index (χ1v) is 8.33. The fraction of sp³-hybridized carbons (Fsp3) is 0.571. The lowest BCUT2D eigenvalue weighted by atomic mass is 9.91. The molecule has 1 aromatic carbocycles. The average Bonchev–Trinajstić information content (AvgIpc) is 2.91. The van der Waals surface area contributed by atoms with Crippen molar-refractivity contribution in [1.82, 2.24) is 0 Å². The molecule has 3 rings (SSSR count). The van der Waals surface area contributed by atoms with E-state index in [4.69, 9.17) is 9.47 Å². The van der Waals surface area contributed by atoms with Crippen molar-refractivity contribution >= 4 is 9.84 Å². The summed E-state index contributed by atoms with van der Waals surface area (Å²) in [4.78, 5) is 0.235. The monoisotopic (exact) mass is 298 g/mol. The molecule has 2 fully saturated rings. The predicted molar refractivity (Wildman–Crippen MR) is 71.9 cm³/mol. The normalized spacial score (nSPS) is 29.6. The molecule has 1 N–H and O–H groups in total. The fourth-order valence-corrected chi connectivity index (χ4v) is 4.87. The highest BCUT2D eigenvalue weighted by Crippen LogP contribution is 2.39. The fourth-order valence-electron chi connectivity index (χ4n) is 2.96. The van der Waals surface area contributed by atoms with Crippen LogP contribution in [0.5, 0.6) is 0 Å². The largest absolute Gasteiger partial charge is 0.392 e. The second-order valence-corrected chi connectivity index (χ2v) is 7.48. The molecule has 2 aliphatic rings. The lowest BCUT2D eigenvalue weighted by molar-refractivity contribution is -0.186. The van der Waals surface area contributed by atoms with Crippen molar-refractivity contribution in [2.45, 2.75) is 41.3 Å². The number of ether oxygens (including phenoxy) is 2. The zero-order valence-corrected chi connectivity index (χ0v) is 11.9. The molecule has 2 atom stereocenters. The van der Waals surface area contributed by atoms with Crippen LogP contribution >= 0.6 is 0 Å². The molecule has 1 saturated heterocycles. The number of rotatable bonds is 2. The van der Waals surface area contributed by atoms with Gasteiger partial charge in [-0.25, -0.2) is 8.42 Å². The molecular formula is C14H18O5S. The van der Waals surface area contributed by atoms with E-state index in [1.54, 1.807) is 30.3 Å². The van der Waals surface area contributed by atoms with Gasteiger partial charge in [0.15, 0.2) is 15.6 Å². The lowest BCUT2D eigenvalue weighted by Gasteiger charge is -2.38. The van der Waals surface area contributed by atoms with E-state index >= 15 is 0 Å². The van der Waals surface area contributed by atoms with E-state index in [2.05, 4.69) is 0 Å². The highest BCUT2D eigenvalue weighted by atomic mass is 32.2. The summed E-state index contributed by atoms with van der Waals surface area (Å²) >= 11 is 0. The third-order valence-electron chi connectivity index (χ3n) is 4.05. The number of benzene rings is 1. The summed E-state index contributed by atoms with van der Waals surface area (Å²) in [6, 6.07) is 8.24. The summed E-state index contributed by atoms with van der Waals surface area (Å²) in [7, 11) is -3.58. The molecule has 5 nitrogen and oxygen atoms in total. The Morgan fingerprint density at radius 1 is 1.15 bits per heavy atom.